The van der Waals surface area contributed by atoms with E-state index in [1.165, 1.54) is 0 Å². The van der Waals surface area contributed by atoms with Crippen molar-refractivity contribution in [1.82, 2.24) is 24.1 Å². The van der Waals surface area contributed by atoms with Gasteiger partial charge < -0.3 is 9.13 Å². The van der Waals surface area contributed by atoms with Crippen LogP contribution >= 0.6 is 0 Å². The molecule has 3 heterocycles. The molecule has 0 aliphatic carbocycles. The lowest BCUT2D eigenvalue weighted by Gasteiger charge is -2.19. The Hall–Kier alpha value is -13.8. The minimum Gasteiger partial charge on any atom is -0.308 e. The lowest BCUT2D eigenvalue weighted by molar-refractivity contribution is 1.06. The summed E-state index contributed by atoms with van der Waals surface area (Å²) in [6, 6.07) is 120. The molecule has 98 heavy (non-hydrogen) atoms. The van der Waals surface area contributed by atoms with Crippen molar-refractivity contribution in [1.29, 1.82) is 15.8 Å². The van der Waals surface area contributed by atoms with Crippen LogP contribution in [0.2, 0.25) is 0 Å². The molecule has 0 N–H and O–H groups in total. The van der Waals surface area contributed by atoms with Gasteiger partial charge in [0.05, 0.1) is 68.3 Å². The fourth-order valence-corrected chi connectivity index (χ4v) is 14.0. The first-order chi connectivity index (χ1) is 48.4. The SMILES string of the molecule is N#Cc1cccc(-c2ccc(-c3nc(-c4ccccc4-c4ccccc4C#N)nc(-c4ccc(-c5cccc(C#N)c5)cc4-n4c5ccc(-c6ccccc6)cc5c5cc(-c6ccccc6)ccc54)n3)c(-n3c4ccc(-c5ccccc5)cc4c4cc(-c5ccccc5)ccc43)c2)c1. The maximum atomic E-state index is 10.7. The topological polar surface area (TPSA) is 120 Å². The van der Waals surface area contributed by atoms with Gasteiger partial charge in [-0.05, 0) is 175 Å². The summed E-state index contributed by atoms with van der Waals surface area (Å²) in [6.07, 6.45) is 0. The van der Waals surface area contributed by atoms with Crippen LogP contribution in [0.4, 0.5) is 0 Å². The van der Waals surface area contributed by atoms with Gasteiger partial charge in [-0.3, -0.25) is 0 Å². The summed E-state index contributed by atoms with van der Waals surface area (Å²) in [5.41, 5.74) is 23.1. The predicted octanol–water partition coefficient (Wildman–Crippen LogP) is 22.4. The summed E-state index contributed by atoms with van der Waals surface area (Å²) in [6.45, 7) is 0. The number of nitrogens with zero attached hydrogens (tertiary/aromatic N) is 8. The summed E-state index contributed by atoms with van der Waals surface area (Å²) in [7, 11) is 0. The molecule has 0 saturated heterocycles. The summed E-state index contributed by atoms with van der Waals surface area (Å²) >= 11 is 0. The van der Waals surface area contributed by atoms with Crippen LogP contribution in [-0.4, -0.2) is 24.1 Å². The van der Waals surface area contributed by atoms with Gasteiger partial charge in [0.15, 0.2) is 17.5 Å². The molecule has 454 valence electrons. The zero-order valence-electron chi connectivity index (χ0n) is 52.8. The monoisotopic (exact) mass is 1250 g/mol. The summed E-state index contributed by atoms with van der Waals surface area (Å²) < 4.78 is 4.67. The number of rotatable bonds is 12. The molecule has 0 bridgehead atoms. The second-order valence-corrected chi connectivity index (χ2v) is 24.4. The van der Waals surface area contributed by atoms with E-state index in [0.29, 0.717) is 50.9 Å². The van der Waals surface area contributed by atoms with Crippen molar-refractivity contribution in [2.45, 2.75) is 0 Å². The Morgan fingerprint density at radius 3 is 0.878 bits per heavy atom. The van der Waals surface area contributed by atoms with Gasteiger partial charge >= 0.3 is 0 Å². The molecule has 0 radical (unpaired) electrons. The minimum absolute atomic E-state index is 0.395. The van der Waals surface area contributed by atoms with Crippen molar-refractivity contribution < 1.29 is 0 Å². The van der Waals surface area contributed by atoms with Gasteiger partial charge in [0, 0.05) is 43.8 Å². The van der Waals surface area contributed by atoms with Gasteiger partial charge in [-0.15, -0.1) is 0 Å². The molecule has 0 amide bonds. The van der Waals surface area contributed by atoms with E-state index in [1.54, 1.807) is 0 Å². The first-order valence-corrected chi connectivity index (χ1v) is 32.5. The average molecular weight is 1250 g/mol. The molecule has 8 heteroatoms. The average Bonchev–Trinajstić information content (AvgIpc) is 1.57. The molecular formula is C90H54N8. The van der Waals surface area contributed by atoms with Crippen molar-refractivity contribution in [3.63, 3.8) is 0 Å². The van der Waals surface area contributed by atoms with Crippen LogP contribution in [-0.2, 0) is 0 Å². The van der Waals surface area contributed by atoms with E-state index in [4.69, 9.17) is 15.0 Å². The maximum Gasteiger partial charge on any atom is 0.166 e. The third-order valence-electron chi connectivity index (χ3n) is 18.7. The van der Waals surface area contributed by atoms with Crippen molar-refractivity contribution in [2.75, 3.05) is 0 Å². The zero-order chi connectivity index (χ0) is 65.6. The van der Waals surface area contributed by atoms with Crippen LogP contribution in [0.5, 0.6) is 0 Å². The van der Waals surface area contributed by atoms with E-state index < -0.39 is 0 Å². The fraction of sp³-hybridized carbons (Fsp3) is 0. The second-order valence-electron chi connectivity index (χ2n) is 24.4. The fourth-order valence-electron chi connectivity index (χ4n) is 14.0. The van der Waals surface area contributed by atoms with Crippen molar-refractivity contribution in [2.24, 2.45) is 0 Å². The van der Waals surface area contributed by atoms with Crippen LogP contribution in [0.1, 0.15) is 16.7 Å². The highest BCUT2D eigenvalue weighted by molar-refractivity contribution is 6.14. The Bertz CT molecular complexity index is 5630. The van der Waals surface area contributed by atoms with E-state index >= 15 is 0 Å². The highest BCUT2D eigenvalue weighted by Gasteiger charge is 2.26. The molecule has 3 aromatic heterocycles. The molecule has 0 atom stereocenters. The highest BCUT2D eigenvalue weighted by Crippen LogP contribution is 2.45. The number of nitriles is 3. The van der Waals surface area contributed by atoms with Crippen LogP contribution < -0.4 is 0 Å². The molecule has 14 aromatic carbocycles. The Morgan fingerprint density at radius 2 is 0.510 bits per heavy atom. The number of hydrogen-bond acceptors (Lipinski definition) is 6. The Balaban J connectivity index is 0.977. The summed E-state index contributed by atoms with van der Waals surface area (Å²) in [5.74, 6) is 1.19. The molecular weight excluding hydrogens is 1190 g/mol. The van der Waals surface area contributed by atoms with Crippen LogP contribution in [0.3, 0.4) is 0 Å². The van der Waals surface area contributed by atoms with E-state index in [0.717, 1.165) is 133 Å². The molecule has 0 aliphatic rings. The Morgan fingerprint density at radius 1 is 0.214 bits per heavy atom. The first kappa shape index (κ1) is 58.0. The number of hydrogen-bond donors (Lipinski definition) is 0. The molecule has 8 nitrogen and oxygen atoms in total. The second kappa shape index (κ2) is 24.6. The van der Waals surface area contributed by atoms with E-state index in [2.05, 4.69) is 234 Å². The van der Waals surface area contributed by atoms with Gasteiger partial charge in [0.25, 0.3) is 0 Å². The third-order valence-corrected chi connectivity index (χ3v) is 18.7. The van der Waals surface area contributed by atoms with E-state index in [-0.39, 0.29) is 0 Å². The molecule has 0 aliphatic heterocycles. The van der Waals surface area contributed by atoms with E-state index in [1.807, 2.05) is 121 Å². The highest BCUT2D eigenvalue weighted by atomic mass is 15.1. The lowest BCUT2D eigenvalue weighted by Crippen LogP contribution is -2.06. The van der Waals surface area contributed by atoms with E-state index in [9.17, 15) is 15.8 Å². The normalized spacial score (nSPS) is 11.2. The predicted molar refractivity (Wildman–Crippen MR) is 397 cm³/mol. The lowest BCUT2D eigenvalue weighted by atomic mass is 9.95. The minimum atomic E-state index is 0.395. The molecule has 0 spiro atoms. The molecule has 0 saturated carbocycles. The van der Waals surface area contributed by atoms with Crippen LogP contribution in [0, 0.1) is 34.0 Å². The van der Waals surface area contributed by atoms with Crippen LogP contribution in [0.15, 0.2) is 328 Å². The van der Waals surface area contributed by atoms with Crippen molar-refractivity contribution in [3.05, 3.63) is 344 Å². The molecule has 0 fully saturated rings. The van der Waals surface area contributed by atoms with Gasteiger partial charge in [-0.25, -0.2) is 15.0 Å². The van der Waals surface area contributed by atoms with Gasteiger partial charge in [-0.2, -0.15) is 15.8 Å². The van der Waals surface area contributed by atoms with Gasteiger partial charge in [-0.1, -0.05) is 224 Å². The summed E-state index contributed by atoms with van der Waals surface area (Å²) in [4.78, 5) is 17.1. The van der Waals surface area contributed by atoms with Crippen LogP contribution in [0.25, 0.3) is 167 Å². The van der Waals surface area contributed by atoms with Gasteiger partial charge in [0.2, 0.25) is 0 Å². The third kappa shape index (κ3) is 10.4. The molecule has 17 aromatic rings. The smallest absolute Gasteiger partial charge is 0.166 e. The van der Waals surface area contributed by atoms with Gasteiger partial charge in [0.1, 0.15) is 0 Å². The Kier molecular flexibility index (Phi) is 14.5. The number of fused-ring (bicyclic) bond motifs is 6. The van der Waals surface area contributed by atoms with Crippen molar-refractivity contribution in [3.8, 4) is 142 Å². The molecule has 0 unspecified atom stereocenters. The van der Waals surface area contributed by atoms with Crippen molar-refractivity contribution >= 4 is 43.6 Å². The number of benzene rings is 14. The Labute approximate surface area is 566 Å². The first-order valence-electron chi connectivity index (χ1n) is 32.5. The zero-order valence-corrected chi connectivity index (χ0v) is 52.8. The summed E-state index contributed by atoms with van der Waals surface area (Å²) in [5, 5.41) is 35.5. The molecule has 17 rings (SSSR count). The number of aromatic nitrogens is 5. The largest absolute Gasteiger partial charge is 0.308 e. The standard InChI is InChI=1S/C90H54N8/c91-55-58-19-17-30-64(47-58)70-35-41-76(86(53-70)97-82-43-37-66(60-21-5-1-6-22-60)49-78(82)79-50-67(38-44-83(79)97)61-23-7-2-8-24-61)89-94-88(75-34-16-15-33-74(75)73-32-14-13-29-72(73)57-93)95-90(96-89)77-42-36-71(65-31-18-20-59(48-65)56-92)54-87(77)98-84-45-39-68(62-25-9-3-10-26-62)51-80(84)81-52-69(40-46-85(81)98)63-27-11-4-12-28-63/h1-54H. The quantitative estimate of drug-likeness (QED) is 0.120. The maximum absolute atomic E-state index is 10.7.